The quantitative estimate of drug-likeness (QED) is 0.0993. The summed E-state index contributed by atoms with van der Waals surface area (Å²) in [5, 5.41) is 9.01. The minimum absolute atomic E-state index is 0.0363. The predicted octanol–water partition coefficient (Wildman–Crippen LogP) is 7.44. The summed E-state index contributed by atoms with van der Waals surface area (Å²) >= 11 is 0. The number of rotatable bonds is 16. The summed E-state index contributed by atoms with van der Waals surface area (Å²) < 4.78 is 28.6. The van der Waals surface area contributed by atoms with Gasteiger partial charge in [-0.3, -0.25) is 0 Å². The summed E-state index contributed by atoms with van der Waals surface area (Å²) in [6.07, 6.45) is 5.60. The van der Waals surface area contributed by atoms with E-state index in [0.29, 0.717) is 28.6 Å². The fraction of sp³-hybridized carbons (Fsp3) is 0.368. The lowest BCUT2D eigenvalue weighted by Gasteiger charge is -2.26. The molecular weight excluding hydrogens is 584 g/mol. The van der Waals surface area contributed by atoms with Crippen molar-refractivity contribution < 1.29 is 38.4 Å². The lowest BCUT2D eigenvalue weighted by Crippen LogP contribution is -2.15. The van der Waals surface area contributed by atoms with Crippen LogP contribution in [0.25, 0.3) is 22.3 Å². The summed E-state index contributed by atoms with van der Waals surface area (Å²) in [5.41, 5.74) is 5.55. The van der Waals surface area contributed by atoms with Crippen molar-refractivity contribution in [3.05, 3.63) is 90.5 Å². The van der Waals surface area contributed by atoms with Crippen molar-refractivity contribution in [2.24, 2.45) is 0 Å². The second-order valence-corrected chi connectivity index (χ2v) is 11.4. The second-order valence-electron chi connectivity index (χ2n) is 11.4. The Balaban J connectivity index is 1.63. The summed E-state index contributed by atoms with van der Waals surface area (Å²) in [6.45, 7) is 11.3. The smallest absolute Gasteiger partial charge is 0.333 e. The van der Waals surface area contributed by atoms with Crippen molar-refractivity contribution in [2.75, 3.05) is 39.6 Å². The normalized spacial score (nSPS) is 13.0. The van der Waals surface area contributed by atoms with Crippen molar-refractivity contribution in [3.63, 3.8) is 0 Å². The van der Waals surface area contributed by atoms with E-state index in [4.69, 9.17) is 28.8 Å². The van der Waals surface area contributed by atoms with Crippen LogP contribution in [-0.4, -0.2) is 56.7 Å². The topological polar surface area (TPSA) is 101 Å². The summed E-state index contributed by atoms with van der Waals surface area (Å²) in [6, 6.07) is 19.9. The van der Waals surface area contributed by atoms with E-state index < -0.39 is 11.9 Å². The third-order valence-electron chi connectivity index (χ3n) is 7.75. The van der Waals surface area contributed by atoms with Gasteiger partial charge in [-0.1, -0.05) is 68.8 Å². The van der Waals surface area contributed by atoms with E-state index in [9.17, 15) is 9.59 Å². The molecular formula is C38H44O8. The molecule has 0 aliphatic heterocycles. The number of hydrogen-bond acceptors (Lipinski definition) is 8. The first-order chi connectivity index (χ1) is 22.3. The molecule has 1 aliphatic carbocycles. The maximum atomic E-state index is 11.9. The highest BCUT2D eigenvalue weighted by molar-refractivity contribution is 5.87. The van der Waals surface area contributed by atoms with Gasteiger partial charge >= 0.3 is 11.9 Å². The lowest BCUT2D eigenvalue weighted by molar-refractivity contribution is -0.140. The van der Waals surface area contributed by atoms with E-state index in [2.05, 4.69) is 19.2 Å². The van der Waals surface area contributed by atoms with Gasteiger partial charge in [-0.15, -0.1) is 0 Å². The first-order valence-electron chi connectivity index (χ1n) is 15.8. The fourth-order valence-electron chi connectivity index (χ4n) is 5.35. The maximum Gasteiger partial charge on any atom is 0.333 e. The van der Waals surface area contributed by atoms with Crippen LogP contribution < -0.4 is 14.2 Å². The van der Waals surface area contributed by atoms with Gasteiger partial charge in [-0.25, -0.2) is 9.59 Å². The van der Waals surface area contributed by atoms with Gasteiger partial charge in [0, 0.05) is 22.3 Å². The van der Waals surface area contributed by atoms with Gasteiger partial charge in [0.1, 0.15) is 50.3 Å². The molecule has 1 aliphatic rings. The fourth-order valence-corrected chi connectivity index (χ4v) is 5.35. The van der Waals surface area contributed by atoms with Crippen molar-refractivity contribution in [2.45, 2.75) is 51.9 Å². The average molecular weight is 629 g/mol. The minimum atomic E-state index is -0.452. The Morgan fingerprint density at radius 3 is 1.74 bits per heavy atom. The zero-order valence-electron chi connectivity index (χ0n) is 26.8. The molecule has 0 atom stereocenters. The van der Waals surface area contributed by atoms with Crippen LogP contribution in [0.4, 0.5) is 0 Å². The SMILES string of the molecule is C=C(C)C(=O)OCCOc1cc(C2CCCCC2)c(OCCOC(=O)C(=C)C)cc1-c1ccc(-c2ccc(OCCO)cc2)cc1. The Hall–Kier alpha value is -4.56. The number of benzene rings is 3. The van der Waals surface area contributed by atoms with Gasteiger partial charge in [0.2, 0.25) is 0 Å². The second kappa shape index (κ2) is 17.2. The summed E-state index contributed by atoms with van der Waals surface area (Å²) in [5.74, 6) is 1.52. The van der Waals surface area contributed by atoms with Crippen molar-refractivity contribution in [3.8, 4) is 39.5 Å². The summed E-state index contributed by atoms with van der Waals surface area (Å²) in [7, 11) is 0. The first-order valence-corrected chi connectivity index (χ1v) is 15.8. The maximum absolute atomic E-state index is 11.9. The molecule has 0 unspecified atom stereocenters. The molecule has 0 bridgehead atoms. The Morgan fingerprint density at radius 1 is 0.674 bits per heavy atom. The van der Waals surface area contributed by atoms with Crippen LogP contribution in [-0.2, 0) is 19.1 Å². The highest BCUT2D eigenvalue weighted by Crippen LogP contribution is 2.44. The van der Waals surface area contributed by atoms with E-state index in [1.54, 1.807) is 13.8 Å². The largest absolute Gasteiger partial charge is 0.491 e. The van der Waals surface area contributed by atoms with Gasteiger partial charge in [-0.2, -0.15) is 0 Å². The molecule has 1 N–H and O–H groups in total. The minimum Gasteiger partial charge on any atom is -0.491 e. The molecule has 46 heavy (non-hydrogen) atoms. The van der Waals surface area contributed by atoms with E-state index in [-0.39, 0.29) is 39.6 Å². The Labute approximate surface area is 271 Å². The van der Waals surface area contributed by atoms with E-state index in [0.717, 1.165) is 59.3 Å². The highest BCUT2D eigenvalue weighted by atomic mass is 16.6. The molecule has 8 heteroatoms. The van der Waals surface area contributed by atoms with Gasteiger partial charge in [0.25, 0.3) is 0 Å². The van der Waals surface area contributed by atoms with Crippen LogP contribution in [0.2, 0.25) is 0 Å². The van der Waals surface area contributed by atoms with Crippen molar-refractivity contribution in [1.29, 1.82) is 0 Å². The molecule has 0 radical (unpaired) electrons. The van der Waals surface area contributed by atoms with Gasteiger partial charge in [0.15, 0.2) is 0 Å². The van der Waals surface area contributed by atoms with Gasteiger partial charge in [0.05, 0.1) is 6.61 Å². The number of carbonyl (C=O) groups is 2. The van der Waals surface area contributed by atoms with Crippen molar-refractivity contribution >= 4 is 11.9 Å². The molecule has 0 aromatic heterocycles. The molecule has 1 fully saturated rings. The Bertz CT molecular complexity index is 1480. The van der Waals surface area contributed by atoms with Gasteiger partial charge in [-0.05, 0) is 73.6 Å². The molecule has 3 aromatic carbocycles. The molecule has 0 heterocycles. The van der Waals surface area contributed by atoms with Crippen LogP contribution >= 0.6 is 0 Å². The summed E-state index contributed by atoms with van der Waals surface area (Å²) in [4.78, 5) is 23.8. The van der Waals surface area contributed by atoms with Crippen LogP contribution in [0.5, 0.6) is 17.2 Å². The number of ether oxygens (including phenoxy) is 5. The molecule has 0 amide bonds. The van der Waals surface area contributed by atoms with Crippen LogP contribution in [0, 0.1) is 0 Å². The van der Waals surface area contributed by atoms with E-state index in [1.807, 2.05) is 54.6 Å². The monoisotopic (exact) mass is 628 g/mol. The zero-order chi connectivity index (χ0) is 32.9. The number of esters is 2. The third-order valence-corrected chi connectivity index (χ3v) is 7.75. The average Bonchev–Trinajstić information content (AvgIpc) is 3.08. The van der Waals surface area contributed by atoms with Crippen molar-refractivity contribution in [1.82, 2.24) is 0 Å². The highest BCUT2D eigenvalue weighted by Gasteiger charge is 2.23. The molecule has 1 saturated carbocycles. The number of aliphatic hydroxyl groups excluding tert-OH is 1. The molecule has 0 saturated heterocycles. The lowest BCUT2D eigenvalue weighted by atomic mass is 9.83. The Morgan fingerprint density at radius 2 is 1.20 bits per heavy atom. The standard InChI is InChI=1S/C38H44O8/c1-26(2)37(40)45-22-20-43-35-25-34(31-12-10-28(11-13-31)29-14-16-32(17-15-29)42-19-18-39)36(44-21-23-46-38(41)27(3)4)24-33(35)30-8-6-5-7-9-30/h10-17,24-25,30,39H,1,3,5-9,18-23H2,2,4H3. The number of hydrogen-bond donors (Lipinski definition) is 1. The molecule has 8 nitrogen and oxygen atoms in total. The molecule has 0 spiro atoms. The van der Waals surface area contributed by atoms with Crippen LogP contribution in [0.3, 0.4) is 0 Å². The van der Waals surface area contributed by atoms with E-state index in [1.165, 1.54) is 6.42 Å². The first kappa shape index (κ1) is 34.3. The van der Waals surface area contributed by atoms with E-state index >= 15 is 0 Å². The molecule has 244 valence electrons. The third kappa shape index (κ3) is 9.72. The molecule has 3 aromatic rings. The Kier molecular flexibility index (Phi) is 12.8. The number of carbonyl (C=O) groups excluding carboxylic acids is 2. The van der Waals surface area contributed by atoms with Crippen LogP contribution in [0.15, 0.2) is 85.0 Å². The zero-order valence-corrected chi connectivity index (χ0v) is 26.8. The number of aliphatic hydroxyl groups is 1. The van der Waals surface area contributed by atoms with Crippen LogP contribution in [0.1, 0.15) is 57.4 Å². The van der Waals surface area contributed by atoms with Gasteiger partial charge < -0.3 is 28.8 Å². The predicted molar refractivity (Wildman–Crippen MR) is 178 cm³/mol. The molecule has 4 rings (SSSR count).